The summed E-state index contributed by atoms with van der Waals surface area (Å²) < 4.78 is 0. The van der Waals surface area contributed by atoms with Crippen LogP contribution in [0, 0.1) is 0 Å². The summed E-state index contributed by atoms with van der Waals surface area (Å²) in [7, 11) is 4.34. The van der Waals surface area contributed by atoms with Gasteiger partial charge >= 0.3 is 0 Å². The van der Waals surface area contributed by atoms with Crippen LogP contribution in [0.5, 0.6) is 0 Å². The van der Waals surface area contributed by atoms with Gasteiger partial charge in [0.25, 0.3) is 0 Å². The van der Waals surface area contributed by atoms with Gasteiger partial charge in [-0.2, -0.15) is 23.5 Å². The first kappa shape index (κ1) is 35.6. The van der Waals surface area contributed by atoms with Gasteiger partial charge in [0.15, 0.2) is 0 Å². The van der Waals surface area contributed by atoms with Crippen LogP contribution in [0.4, 0.5) is 0 Å². The van der Waals surface area contributed by atoms with E-state index in [-0.39, 0.29) is 0 Å². The van der Waals surface area contributed by atoms with Crippen LogP contribution in [0.3, 0.4) is 0 Å². The highest BCUT2D eigenvalue weighted by Gasteiger charge is 2.09. The second-order valence-electron chi connectivity index (χ2n) is 10.9. The van der Waals surface area contributed by atoms with E-state index in [0.717, 1.165) is 18.3 Å². The molecule has 0 fully saturated rings. The van der Waals surface area contributed by atoms with Gasteiger partial charge in [-0.25, -0.2) is 0 Å². The second kappa shape index (κ2) is 30.8. The number of hydrogen-bond acceptors (Lipinski definition) is 4. The van der Waals surface area contributed by atoms with Crippen molar-refractivity contribution in [1.82, 2.24) is 10.2 Å². The Balaban J connectivity index is 3.74. The molecule has 212 valence electrons. The van der Waals surface area contributed by atoms with Crippen LogP contribution in [0.15, 0.2) is 0 Å². The van der Waals surface area contributed by atoms with Gasteiger partial charge < -0.3 is 10.2 Å². The molecule has 0 radical (unpaired) electrons. The fourth-order valence-corrected chi connectivity index (χ4v) is 7.05. The lowest BCUT2D eigenvalue weighted by Gasteiger charge is -2.18. The molecule has 0 aromatic carbocycles. The van der Waals surface area contributed by atoms with Gasteiger partial charge in [-0.05, 0) is 38.4 Å². The zero-order valence-corrected chi connectivity index (χ0v) is 26.4. The van der Waals surface area contributed by atoms with Gasteiger partial charge in [0.2, 0.25) is 0 Å². The Hall–Kier alpha value is 0.620. The minimum atomic E-state index is 0.781. The van der Waals surface area contributed by atoms with Gasteiger partial charge in [0, 0.05) is 30.6 Å². The molecule has 0 aliphatic rings. The third-order valence-corrected chi connectivity index (χ3v) is 9.66. The molecular formula is C31H66N2S2. The summed E-state index contributed by atoms with van der Waals surface area (Å²) in [6.45, 7) is 8.05. The Morgan fingerprint density at radius 3 is 1.46 bits per heavy atom. The van der Waals surface area contributed by atoms with Crippen molar-refractivity contribution in [2.45, 2.75) is 148 Å². The van der Waals surface area contributed by atoms with E-state index < -0.39 is 0 Å². The van der Waals surface area contributed by atoms with Crippen LogP contribution >= 0.6 is 23.5 Å². The van der Waals surface area contributed by atoms with E-state index in [1.165, 1.54) is 152 Å². The third kappa shape index (κ3) is 30.7. The molecule has 0 heterocycles. The minimum absolute atomic E-state index is 0.781. The van der Waals surface area contributed by atoms with Gasteiger partial charge in [0.1, 0.15) is 0 Å². The highest BCUT2D eigenvalue weighted by molar-refractivity contribution is 8.03. The summed E-state index contributed by atoms with van der Waals surface area (Å²) in [6.07, 6.45) is 28.8. The molecule has 1 unspecified atom stereocenters. The van der Waals surface area contributed by atoms with Crippen LogP contribution in [0.25, 0.3) is 0 Å². The third-order valence-electron chi connectivity index (χ3n) is 6.91. The number of rotatable bonds is 30. The fraction of sp³-hybridized carbons (Fsp3) is 1.00. The van der Waals surface area contributed by atoms with Crippen LogP contribution in [0.1, 0.15) is 142 Å². The van der Waals surface area contributed by atoms with E-state index >= 15 is 0 Å². The number of unbranched alkanes of at least 4 members (excludes halogenated alkanes) is 18. The standard InChI is InChI=1S/C31H66N2S2/c1-5-7-9-11-13-15-17-19-21-23-27-34-30-31(29-32-25-26-33(3)4)35-28-24-22-20-18-16-14-12-10-8-6-2/h31-32H,5-30H2,1-4H3. The number of nitrogens with zero attached hydrogens (tertiary/aromatic N) is 1. The summed E-state index contributed by atoms with van der Waals surface area (Å²) in [5, 5.41) is 4.51. The maximum absolute atomic E-state index is 3.72. The van der Waals surface area contributed by atoms with Gasteiger partial charge in [-0.3, -0.25) is 0 Å². The first-order valence-corrected chi connectivity index (χ1v) is 18.0. The molecule has 0 rings (SSSR count). The van der Waals surface area contributed by atoms with Crippen molar-refractivity contribution in [2.24, 2.45) is 0 Å². The molecule has 0 amide bonds. The van der Waals surface area contributed by atoms with Crippen LogP contribution < -0.4 is 5.32 Å². The van der Waals surface area contributed by atoms with E-state index in [0.29, 0.717) is 0 Å². The molecule has 0 spiro atoms. The molecule has 1 atom stereocenters. The number of nitrogens with one attached hydrogen (secondary N) is 1. The number of thioether (sulfide) groups is 2. The minimum Gasteiger partial charge on any atom is -0.314 e. The monoisotopic (exact) mass is 530 g/mol. The number of hydrogen-bond donors (Lipinski definition) is 1. The smallest absolute Gasteiger partial charge is 0.0263 e. The quantitative estimate of drug-likeness (QED) is 0.0929. The Kier molecular flexibility index (Phi) is 31.4. The van der Waals surface area contributed by atoms with Gasteiger partial charge in [-0.1, -0.05) is 129 Å². The van der Waals surface area contributed by atoms with Crippen molar-refractivity contribution in [3.8, 4) is 0 Å². The number of likely N-dealkylation sites (N-methyl/N-ethyl adjacent to an activating group) is 1. The zero-order chi connectivity index (χ0) is 25.7. The summed E-state index contributed by atoms with van der Waals surface area (Å²) in [5.41, 5.74) is 0. The average molecular weight is 531 g/mol. The van der Waals surface area contributed by atoms with E-state index in [9.17, 15) is 0 Å². The maximum atomic E-state index is 3.72. The van der Waals surface area contributed by atoms with Crippen molar-refractivity contribution in [1.29, 1.82) is 0 Å². The van der Waals surface area contributed by atoms with Crippen molar-refractivity contribution < 1.29 is 0 Å². The van der Waals surface area contributed by atoms with Crippen molar-refractivity contribution in [3.05, 3.63) is 0 Å². The van der Waals surface area contributed by atoms with E-state index in [2.05, 4.69) is 61.7 Å². The molecule has 0 aromatic heterocycles. The molecule has 35 heavy (non-hydrogen) atoms. The molecule has 1 N–H and O–H groups in total. The van der Waals surface area contributed by atoms with Crippen LogP contribution in [-0.4, -0.2) is 61.1 Å². The van der Waals surface area contributed by atoms with Gasteiger partial charge in [-0.15, -0.1) is 0 Å². The second-order valence-corrected chi connectivity index (χ2v) is 13.5. The summed E-state index contributed by atoms with van der Waals surface area (Å²) in [5.74, 6) is 4.05. The van der Waals surface area contributed by atoms with Crippen molar-refractivity contribution in [2.75, 3.05) is 51.0 Å². The zero-order valence-electron chi connectivity index (χ0n) is 24.7. The Labute approximate surface area is 231 Å². The molecule has 0 saturated heterocycles. The summed E-state index contributed by atoms with van der Waals surface area (Å²) in [4.78, 5) is 2.28. The largest absolute Gasteiger partial charge is 0.314 e. The first-order valence-electron chi connectivity index (χ1n) is 15.8. The lowest BCUT2D eigenvalue weighted by atomic mass is 10.1. The summed E-state index contributed by atoms with van der Waals surface area (Å²) in [6, 6.07) is 0. The van der Waals surface area contributed by atoms with Crippen LogP contribution in [0.2, 0.25) is 0 Å². The van der Waals surface area contributed by atoms with Crippen molar-refractivity contribution in [3.63, 3.8) is 0 Å². The molecule has 0 aromatic rings. The molecule has 0 saturated carbocycles. The highest BCUT2D eigenvalue weighted by atomic mass is 32.2. The lowest BCUT2D eigenvalue weighted by Crippen LogP contribution is -2.32. The molecule has 2 nitrogen and oxygen atoms in total. The Morgan fingerprint density at radius 1 is 0.571 bits per heavy atom. The molecular weight excluding hydrogens is 464 g/mol. The fourth-order valence-electron chi connectivity index (χ4n) is 4.48. The van der Waals surface area contributed by atoms with Crippen molar-refractivity contribution >= 4 is 23.5 Å². The van der Waals surface area contributed by atoms with Gasteiger partial charge in [0.05, 0.1) is 0 Å². The Morgan fingerprint density at radius 2 is 1.00 bits per heavy atom. The normalized spacial score (nSPS) is 12.6. The summed E-state index contributed by atoms with van der Waals surface area (Å²) >= 11 is 4.46. The van der Waals surface area contributed by atoms with E-state index in [4.69, 9.17) is 0 Å². The lowest BCUT2D eigenvalue weighted by molar-refractivity contribution is 0.401. The predicted molar refractivity (Wildman–Crippen MR) is 169 cm³/mol. The predicted octanol–water partition coefficient (Wildman–Crippen LogP) is 9.81. The van der Waals surface area contributed by atoms with E-state index in [1.807, 2.05) is 0 Å². The SMILES string of the molecule is CCCCCCCCCCCCSCC(CNCCN(C)C)SCCCCCCCCCCCC. The topological polar surface area (TPSA) is 15.3 Å². The maximum Gasteiger partial charge on any atom is 0.0263 e. The molecule has 0 aliphatic carbocycles. The molecule has 0 bridgehead atoms. The van der Waals surface area contributed by atoms with E-state index in [1.54, 1.807) is 0 Å². The molecule has 0 aliphatic heterocycles. The highest BCUT2D eigenvalue weighted by Crippen LogP contribution is 2.20. The first-order chi connectivity index (χ1) is 17.2. The molecule has 4 heteroatoms. The van der Waals surface area contributed by atoms with Crippen LogP contribution in [-0.2, 0) is 0 Å². The average Bonchev–Trinajstić information content (AvgIpc) is 2.85. The Bertz CT molecular complexity index is 379.